The molecule has 1 aliphatic carbocycles. The molecule has 1 aromatic heterocycles. The normalized spacial score (nSPS) is 20.4. The maximum Gasteiger partial charge on any atom is 0.0856 e. The average molecular weight is 266 g/mol. The van der Waals surface area contributed by atoms with Crippen LogP contribution in [0.25, 0.3) is 0 Å². The number of aromatic nitrogens is 2. The first-order valence-corrected chi connectivity index (χ1v) is 7.51. The van der Waals surface area contributed by atoms with E-state index in [0.717, 1.165) is 30.8 Å². The van der Waals surface area contributed by atoms with Crippen molar-refractivity contribution in [1.82, 2.24) is 9.78 Å². The van der Waals surface area contributed by atoms with Gasteiger partial charge in [-0.25, -0.2) is 0 Å². The molecule has 1 aromatic rings. The number of aliphatic hydroxyl groups is 2. The summed E-state index contributed by atoms with van der Waals surface area (Å²) in [4.78, 5) is 0. The molecule has 2 rings (SSSR count). The highest BCUT2D eigenvalue weighted by Crippen LogP contribution is 2.28. The van der Waals surface area contributed by atoms with Gasteiger partial charge in [-0.2, -0.15) is 5.10 Å². The summed E-state index contributed by atoms with van der Waals surface area (Å²) in [6, 6.07) is 2.00. The second kappa shape index (κ2) is 6.53. The molecule has 108 valence electrons. The zero-order valence-electron chi connectivity index (χ0n) is 12.0. The summed E-state index contributed by atoms with van der Waals surface area (Å²) >= 11 is 0. The highest BCUT2D eigenvalue weighted by Gasteiger charge is 2.28. The Labute approximate surface area is 115 Å². The molecular formula is C15H26N2O2. The van der Waals surface area contributed by atoms with E-state index < -0.39 is 12.2 Å². The van der Waals surface area contributed by atoms with E-state index in [0.29, 0.717) is 6.42 Å². The number of hydrogen-bond donors (Lipinski definition) is 2. The molecule has 2 N–H and O–H groups in total. The van der Waals surface area contributed by atoms with Gasteiger partial charge in [0.2, 0.25) is 0 Å². The summed E-state index contributed by atoms with van der Waals surface area (Å²) in [5.74, 6) is 0.267. The molecule has 4 heteroatoms. The van der Waals surface area contributed by atoms with Crippen molar-refractivity contribution in [1.29, 1.82) is 0 Å². The van der Waals surface area contributed by atoms with Gasteiger partial charge in [0.25, 0.3) is 0 Å². The van der Waals surface area contributed by atoms with Crippen molar-refractivity contribution >= 4 is 0 Å². The number of rotatable bonds is 5. The fourth-order valence-corrected chi connectivity index (χ4v) is 3.16. The SMILES string of the molecule is CCn1nc(C)cc1CC(O)C(O)C1CCCCC1. The van der Waals surface area contributed by atoms with E-state index in [1.165, 1.54) is 19.3 Å². The molecule has 0 saturated heterocycles. The molecule has 0 aromatic carbocycles. The molecule has 0 spiro atoms. The van der Waals surface area contributed by atoms with E-state index >= 15 is 0 Å². The van der Waals surface area contributed by atoms with Gasteiger partial charge in [-0.3, -0.25) is 4.68 Å². The fourth-order valence-electron chi connectivity index (χ4n) is 3.16. The molecule has 0 aliphatic heterocycles. The van der Waals surface area contributed by atoms with Crippen LogP contribution in [0.1, 0.15) is 50.4 Å². The first-order valence-electron chi connectivity index (χ1n) is 7.51. The third-order valence-corrected chi connectivity index (χ3v) is 4.23. The lowest BCUT2D eigenvalue weighted by atomic mass is 9.82. The van der Waals surface area contributed by atoms with Crippen molar-refractivity contribution in [2.24, 2.45) is 5.92 Å². The predicted molar refractivity (Wildman–Crippen MR) is 74.9 cm³/mol. The van der Waals surface area contributed by atoms with Crippen LogP contribution < -0.4 is 0 Å². The summed E-state index contributed by atoms with van der Waals surface area (Å²) in [7, 11) is 0. The Balaban J connectivity index is 1.97. The predicted octanol–water partition coefficient (Wildman–Crippen LogP) is 2.06. The maximum absolute atomic E-state index is 10.3. The third-order valence-electron chi connectivity index (χ3n) is 4.23. The van der Waals surface area contributed by atoms with Crippen LogP contribution in [0.4, 0.5) is 0 Å². The lowest BCUT2D eigenvalue weighted by molar-refractivity contribution is -0.0271. The van der Waals surface area contributed by atoms with Crippen molar-refractivity contribution in [3.05, 3.63) is 17.5 Å². The van der Waals surface area contributed by atoms with Crippen molar-refractivity contribution < 1.29 is 10.2 Å². The summed E-state index contributed by atoms with van der Waals surface area (Å²) in [6.45, 7) is 4.80. The van der Waals surface area contributed by atoms with Gasteiger partial charge in [0.05, 0.1) is 17.9 Å². The van der Waals surface area contributed by atoms with Crippen LogP contribution in [0.2, 0.25) is 0 Å². The number of aryl methyl sites for hydroxylation is 2. The highest BCUT2D eigenvalue weighted by atomic mass is 16.3. The van der Waals surface area contributed by atoms with E-state index in [1.807, 2.05) is 24.6 Å². The number of hydrogen-bond acceptors (Lipinski definition) is 3. The van der Waals surface area contributed by atoms with Crippen LogP contribution in [0.5, 0.6) is 0 Å². The first kappa shape index (κ1) is 14.5. The highest BCUT2D eigenvalue weighted by molar-refractivity contribution is 5.10. The van der Waals surface area contributed by atoms with E-state index in [1.54, 1.807) is 0 Å². The largest absolute Gasteiger partial charge is 0.390 e. The van der Waals surface area contributed by atoms with Gasteiger partial charge >= 0.3 is 0 Å². The van der Waals surface area contributed by atoms with Crippen molar-refractivity contribution in [2.75, 3.05) is 0 Å². The van der Waals surface area contributed by atoms with E-state index in [-0.39, 0.29) is 5.92 Å². The molecule has 1 fully saturated rings. The molecule has 0 amide bonds. The minimum atomic E-state index is -0.676. The molecule has 19 heavy (non-hydrogen) atoms. The van der Waals surface area contributed by atoms with E-state index in [9.17, 15) is 10.2 Å². The number of nitrogens with zero attached hydrogens (tertiary/aromatic N) is 2. The third kappa shape index (κ3) is 3.57. The zero-order chi connectivity index (χ0) is 13.8. The molecule has 2 atom stereocenters. The molecule has 1 saturated carbocycles. The van der Waals surface area contributed by atoms with Crippen LogP contribution in [0.3, 0.4) is 0 Å². The second-order valence-electron chi connectivity index (χ2n) is 5.75. The molecular weight excluding hydrogens is 240 g/mol. The van der Waals surface area contributed by atoms with Crippen LogP contribution in [-0.4, -0.2) is 32.2 Å². The van der Waals surface area contributed by atoms with Gasteiger partial charge in [0.15, 0.2) is 0 Å². The monoisotopic (exact) mass is 266 g/mol. The molecule has 0 radical (unpaired) electrons. The summed E-state index contributed by atoms with van der Waals surface area (Å²) < 4.78 is 1.91. The first-order chi connectivity index (χ1) is 9.11. The molecule has 0 bridgehead atoms. The van der Waals surface area contributed by atoms with Gasteiger partial charge in [-0.15, -0.1) is 0 Å². The molecule has 2 unspecified atom stereocenters. The van der Waals surface area contributed by atoms with Gasteiger partial charge < -0.3 is 10.2 Å². The van der Waals surface area contributed by atoms with Crippen LogP contribution >= 0.6 is 0 Å². The summed E-state index contributed by atoms with van der Waals surface area (Å²) in [5.41, 5.74) is 1.98. The minimum Gasteiger partial charge on any atom is -0.390 e. The fraction of sp³-hybridized carbons (Fsp3) is 0.800. The summed E-state index contributed by atoms with van der Waals surface area (Å²) in [5, 5.41) is 24.9. The Bertz CT molecular complexity index is 397. The van der Waals surface area contributed by atoms with Crippen LogP contribution in [0, 0.1) is 12.8 Å². The smallest absolute Gasteiger partial charge is 0.0856 e. The molecule has 1 heterocycles. The van der Waals surface area contributed by atoms with Gasteiger partial charge in [0, 0.05) is 18.7 Å². The summed E-state index contributed by atoms with van der Waals surface area (Å²) in [6.07, 6.45) is 4.94. The maximum atomic E-state index is 10.3. The van der Waals surface area contributed by atoms with Gasteiger partial charge in [-0.1, -0.05) is 19.3 Å². The lowest BCUT2D eigenvalue weighted by Gasteiger charge is -2.29. The molecule has 4 nitrogen and oxygen atoms in total. The zero-order valence-corrected chi connectivity index (χ0v) is 12.0. The van der Waals surface area contributed by atoms with Crippen molar-refractivity contribution in [2.45, 2.75) is 71.1 Å². The number of aliphatic hydroxyl groups excluding tert-OH is 2. The average Bonchev–Trinajstić information content (AvgIpc) is 2.78. The second-order valence-corrected chi connectivity index (χ2v) is 5.75. The van der Waals surface area contributed by atoms with Crippen LogP contribution in [0.15, 0.2) is 6.07 Å². The quantitative estimate of drug-likeness (QED) is 0.857. The van der Waals surface area contributed by atoms with Gasteiger partial charge in [-0.05, 0) is 38.7 Å². The topological polar surface area (TPSA) is 58.3 Å². The lowest BCUT2D eigenvalue weighted by Crippen LogP contribution is -2.36. The Morgan fingerprint density at radius 1 is 1.32 bits per heavy atom. The van der Waals surface area contributed by atoms with Crippen molar-refractivity contribution in [3.8, 4) is 0 Å². The van der Waals surface area contributed by atoms with E-state index in [2.05, 4.69) is 5.10 Å². The van der Waals surface area contributed by atoms with Gasteiger partial charge in [0.1, 0.15) is 0 Å². The Kier molecular flexibility index (Phi) is 4.99. The molecule has 1 aliphatic rings. The Hall–Kier alpha value is -0.870. The standard InChI is InChI=1S/C15H26N2O2/c1-3-17-13(9-11(2)16-17)10-14(18)15(19)12-7-5-4-6-8-12/h9,12,14-15,18-19H,3-8,10H2,1-2H3. The Morgan fingerprint density at radius 3 is 2.63 bits per heavy atom. The van der Waals surface area contributed by atoms with Crippen molar-refractivity contribution in [3.63, 3.8) is 0 Å². The van der Waals surface area contributed by atoms with Crippen LogP contribution in [-0.2, 0) is 13.0 Å². The Morgan fingerprint density at radius 2 is 2.00 bits per heavy atom. The minimum absolute atomic E-state index is 0.267. The van der Waals surface area contributed by atoms with E-state index in [4.69, 9.17) is 0 Å².